The Bertz CT molecular complexity index is 2350. The standard InChI is InChI=1S/C62H110N10O22/c1-16-86-32-20-18-17-19-21-63-33-47(34-64-22-23-65-48(59(84)85)35-67-58(83)57(91-46(6)77)56(90-45(5)76)55(89-44(4)75)49(88-43(3)74)41-87-42(2)73)68-50(78)36-66-51(79)37-69-24-26-70(38-52(80)92-60(7,8)9)28-30-72(40-54(82)94-62(13,14)15)31-29-71(27-25-69)39-53(81)93-61(10,11)12/h47-49,55-57,63-65H,16-41H2,1-15H3,(H,66,79)(H,67,83)(H,68,78)(H,84,85)/t47?,48?,49-,55-,56+,57-/m1/s1. The molecule has 1 saturated heterocycles. The molecule has 0 bridgehead atoms. The molecule has 1 aliphatic rings. The van der Waals surface area contributed by atoms with E-state index in [9.17, 15) is 62.6 Å². The van der Waals surface area contributed by atoms with Gasteiger partial charge in [0.15, 0.2) is 18.3 Å². The van der Waals surface area contributed by atoms with Crippen LogP contribution in [0.5, 0.6) is 0 Å². The van der Waals surface area contributed by atoms with Crippen LogP contribution >= 0.6 is 0 Å². The normalized spacial score (nSPS) is 16.1. The molecule has 0 aromatic heterocycles. The summed E-state index contributed by atoms with van der Waals surface area (Å²) in [5, 5.41) is 27.5. The van der Waals surface area contributed by atoms with Gasteiger partial charge in [0.2, 0.25) is 17.9 Å². The number of aliphatic carboxylic acids is 1. The lowest BCUT2D eigenvalue weighted by molar-refractivity contribution is -0.203. The number of hydrogen-bond acceptors (Lipinski definition) is 28. The average Bonchev–Trinajstić information content (AvgIpc) is 0.824. The van der Waals surface area contributed by atoms with Gasteiger partial charge in [-0.25, -0.2) is 0 Å². The third-order valence-electron chi connectivity index (χ3n) is 13.2. The summed E-state index contributed by atoms with van der Waals surface area (Å²) in [7, 11) is 0. The highest BCUT2D eigenvalue weighted by Crippen LogP contribution is 2.21. The highest BCUT2D eigenvalue weighted by atomic mass is 16.6. The number of carboxylic acids is 1. The van der Waals surface area contributed by atoms with Gasteiger partial charge < -0.3 is 79.6 Å². The summed E-state index contributed by atoms with van der Waals surface area (Å²) in [6, 6.07) is -2.03. The quantitative estimate of drug-likeness (QED) is 0.0221. The first kappa shape index (κ1) is 85.3. The number of ether oxygens (including phenoxy) is 9. The minimum Gasteiger partial charge on any atom is -0.480 e. The SMILES string of the molecule is CCOCCCCCCNCC(CNCCNC(CNC(=O)[C@H](OC(C)=O)[C@@H](OC(C)=O)[C@H](OC(C)=O)[C@@H](COC(C)=O)OC(C)=O)C(=O)O)NC(=O)CNC(=O)CN1CCN(CC(=O)OC(C)(C)C)CCN(CC(=O)OC(C)(C)C)CCN(CC(=O)OC(C)(C)C)CC1. The number of carbonyl (C=O) groups excluding carboxylic acids is 11. The fourth-order valence-corrected chi connectivity index (χ4v) is 9.26. The number of nitrogens with one attached hydrogen (secondary N) is 6. The van der Waals surface area contributed by atoms with E-state index in [1.165, 1.54) is 0 Å². The molecule has 0 aliphatic carbocycles. The second-order valence-corrected chi connectivity index (χ2v) is 25.6. The zero-order valence-electron chi connectivity index (χ0n) is 58.2. The summed E-state index contributed by atoms with van der Waals surface area (Å²) >= 11 is 0. The number of unbranched alkanes of at least 4 members (excludes halogenated alkanes) is 3. The van der Waals surface area contributed by atoms with Gasteiger partial charge in [-0.05, 0) is 88.6 Å². The minimum absolute atomic E-state index is 0.0164. The number of nitrogens with zero attached hydrogens (tertiary/aromatic N) is 4. The maximum atomic E-state index is 13.9. The highest BCUT2D eigenvalue weighted by molar-refractivity contribution is 5.86. The second-order valence-electron chi connectivity index (χ2n) is 25.6. The fraction of sp³-hybridized carbons (Fsp3) is 0.806. The summed E-state index contributed by atoms with van der Waals surface area (Å²) in [6.45, 7) is 25.6. The van der Waals surface area contributed by atoms with E-state index in [-0.39, 0.29) is 58.9 Å². The molecular weight excluding hydrogens is 1240 g/mol. The average molecular weight is 1350 g/mol. The summed E-state index contributed by atoms with van der Waals surface area (Å²) in [6.07, 6.45) is -4.15. The topological polar surface area (TPSA) is 393 Å². The number of esters is 8. The van der Waals surface area contributed by atoms with Crippen LogP contribution in [0.15, 0.2) is 0 Å². The lowest BCUT2D eigenvalue weighted by Crippen LogP contribution is -2.58. The first-order chi connectivity index (χ1) is 43.8. The van der Waals surface area contributed by atoms with E-state index in [0.717, 1.165) is 60.3 Å². The molecule has 2 unspecified atom stereocenters. The van der Waals surface area contributed by atoms with Crippen molar-refractivity contribution in [2.45, 2.75) is 183 Å². The van der Waals surface area contributed by atoms with E-state index in [1.807, 2.05) is 26.5 Å². The molecule has 1 aliphatic heterocycles. The van der Waals surface area contributed by atoms with Crippen molar-refractivity contribution in [3.8, 4) is 0 Å². The Morgan fingerprint density at radius 2 is 0.915 bits per heavy atom. The van der Waals surface area contributed by atoms with Crippen LogP contribution in [0.4, 0.5) is 0 Å². The van der Waals surface area contributed by atoms with Gasteiger partial charge in [-0.15, -0.1) is 0 Å². The monoisotopic (exact) mass is 1350 g/mol. The van der Waals surface area contributed by atoms with Crippen molar-refractivity contribution >= 4 is 71.4 Å². The Kier molecular flexibility index (Phi) is 40.7. The van der Waals surface area contributed by atoms with Crippen molar-refractivity contribution in [3.63, 3.8) is 0 Å². The van der Waals surface area contributed by atoms with Crippen molar-refractivity contribution in [1.82, 2.24) is 51.5 Å². The predicted molar refractivity (Wildman–Crippen MR) is 340 cm³/mol. The molecule has 0 saturated carbocycles. The molecule has 1 fully saturated rings. The molecule has 1 heterocycles. The van der Waals surface area contributed by atoms with Crippen molar-refractivity contribution in [3.05, 3.63) is 0 Å². The molecule has 3 amide bonds. The van der Waals surface area contributed by atoms with Crippen molar-refractivity contribution in [2.24, 2.45) is 0 Å². The molecule has 94 heavy (non-hydrogen) atoms. The molecule has 32 nitrogen and oxygen atoms in total. The van der Waals surface area contributed by atoms with Crippen LogP contribution in [0.1, 0.15) is 130 Å². The van der Waals surface area contributed by atoms with Crippen LogP contribution in [0.25, 0.3) is 0 Å². The largest absolute Gasteiger partial charge is 0.480 e. The van der Waals surface area contributed by atoms with Gasteiger partial charge in [0.05, 0.1) is 38.8 Å². The van der Waals surface area contributed by atoms with Crippen LogP contribution in [0, 0.1) is 0 Å². The summed E-state index contributed by atoms with van der Waals surface area (Å²) in [5.74, 6) is -9.98. The molecule has 0 aromatic carbocycles. The Morgan fingerprint density at radius 3 is 1.34 bits per heavy atom. The number of carbonyl (C=O) groups is 12. The second kappa shape index (κ2) is 44.9. The van der Waals surface area contributed by atoms with E-state index in [0.29, 0.717) is 65.6 Å². The van der Waals surface area contributed by atoms with E-state index in [4.69, 9.17) is 42.6 Å². The highest BCUT2D eigenvalue weighted by Gasteiger charge is 2.47. The van der Waals surface area contributed by atoms with E-state index in [1.54, 1.807) is 62.3 Å². The van der Waals surface area contributed by atoms with Gasteiger partial charge in [-0.1, -0.05) is 12.8 Å². The minimum atomic E-state index is -2.15. The molecule has 7 N–H and O–H groups in total. The van der Waals surface area contributed by atoms with E-state index in [2.05, 4.69) is 31.9 Å². The number of rotatable bonds is 40. The molecule has 0 spiro atoms. The number of carboxylic acid groups (broad SMARTS) is 1. The van der Waals surface area contributed by atoms with Crippen LogP contribution in [-0.2, 0) is 100 Å². The number of hydrogen-bond donors (Lipinski definition) is 7. The Balaban J connectivity index is 3.33. The van der Waals surface area contributed by atoms with Gasteiger partial charge in [-0.3, -0.25) is 77.1 Å². The molecule has 32 heteroatoms. The molecule has 540 valence electrons. The summed E-state index contributed by atoms with van der Waals surface area (Å²) in [4.78, 5) is 162. The Labute approximate surface area is 553 Å². The smallest absolute Gasteiger partial charge is 0.322 e. The van der Waals surface area contributed by atoms with Crippen LogP contribution in [0.3, 0.4) is 0 Å². The van der Waals surface area contributed by atoms with Gasteiger partial charge in [-0.2, -0.15) is 0 Å². The lowest BCUT2D eigenvalue weighted by atomic mass is 10.0. The zero-order valence-corrected chi connectivity index (χ0v) is 58.2. The molecule has 0 aromatic rings. The summed E-state index contributed by atoms with van der Waals surface area (Å²) < 4.78 is 48.5. The van der Waals surface area contributed by atoms with Gasteiger partial charge in [0.25, 0.3) is 5.91 Å². The molecule has 6 atom stereocenters. The van der Waals surface area contributed by atoms with Crippen molar-refractivity contribution in [1.29, 1.82) is 0 Å². The molecular formula is C62H110N10O22. The van der Waals surface area contributed by atoms with E-state index >= 15 is 0 Å². The maximum Gasteiger partial charge on any atom is 0.322 e. The lowest BCUT2D eigenvalue weighted by Gasteiger charge is -2.34. The first-order valence-electron chi connectivity index (χ1n) is 32.0. The zero-order chi connectivity index (χ0) is 71.2. The van der Waals surface area contributed by atoms with Gasteiger partial charge in [0.1, 0.15) is 29.5 Å². The Hall–Kier alpha value is -6.68. The fourth-order valence-electron chi connectivity index (χ4n) is 9.26. The van der Waals surface area contributed by atoms with Crippen molar-refractivity contribution < 1.29 is 105 Å². The third kappa shape index (κ3) is 43.3. The first-order valence-corrected chi connectivity index (χ1v) is 32.0. The molecule has 1 rings (SSSR count). The molecule has 0 radical (unpaired) electrons. The summed E-state index contributed by atoms with van der Waals surface area (Å²) in [5.41, 5.74) is -2.22. The Morgan fingerprint density at radius 1 is 0.479 bits per heavy atom. The van der Waals surface area contributed by atoms with Crippen LogP contribution in [-0.4, -0.2) is 294 Å². The third-order valence-corrected chi connectivity index (χ3v) is 13.2. The van der Waals surface area contributed by atoms with Crippen LogP contribution < -0.4 is 31.9 Å². The predicted octanol–water partition coefficient (Wildman–Crippen LogP) is -0.941. The van der Waals surface area contributed by atoms with Gasteiger partial charge in [0, 0.05) is 133 Å². The van der Waals surface area contributed by atoms with Gasteiger partial charge >= 0.3 is 53.7 Å². The van der Waals surface area contributed by atoms with Crippen molar-refractivity contribution in [2.75, 3.05) is 144 Å². The number of amides is 3. The van der Waals surface area contributed by atoms with E-state index < -0.39 is 144 Å². The van der Waals surface area contributed by atoms with Crippen LogP contribution in [0.2, 0.25) is 0 Å². The maximum absolute atomic E-state index is 13.9.